The Morgan fingerprint density at radius 1 is 1.15 bits per heavy atom. The van der Waals surface area contributed by atoms with Crippen LogP contribution < -0.4 is 21.5 Å². The number of ether oxygens (including phenoxy) is 2. The Bertz CT molecular complexity index is 1470. The molecule has 3 aromatic rings. The van der Waals surface area contributed by atoms with E-state index in [0.717, 1.165) is 12.8 Å². The second kappa shape index (κ2) is 12.0. The number of benzene rings is 1. The zero-order valence-corrected chi connectivity index (χ0v) is 22.4. The average molecular weight is 565 g/mol. The number of fused-ring (bicyclic) bond motifs is 1. The number of nitrogens with zero attached hydrogens (tertiary/aromatic N) is 5. The molecular weight excluding hydrogens is 532 g/mol. The number of carbonyl (C=O) groups is 2. The van der Waals surface area contributed by atoms with Gasteiger partial charge >= 0.3 is 6.09 Å². The van der Waals surface area contributed by atoms with Crippen LogP contribution in [0.2, 0.25) is 0 Å². The Labute approximate surface area is 235 Å². The highest BCUT2D eigenvalue weighted by molar-refractivity contribution is 5.83. The standard InChI is InChI=1S/C27H32N8O6/c1-2-30-25(38)22-20(36)21(37)26(41-22)35-14-31-19-23(29)32-18(33-24(19)35)5-3-4-15-10-12-34(13-11-15)27(39)40-17-8-6-16(28)7-9-17/h6-9,14-15,20-22,26,36-37H,2,4,10-13,28H2,1H3,(H,30,38)(H2,29,32,33)/t20-,21+,22?,26?/m1/s1. The number of carbonyl (C=O) groups excluding carboxylic acids is 2. The SMILES string of the molecule is CCNC(=O)C1OC(n2cnc3c(N)nc(C#CCC4CCN(C(=O)Oc5ccc(N)cc5)CC4)nc32)[C@@H](O)[C@H]1O. The lowest BCUT2D eigenvalue weighted by atomic mass is 9.94. The van der Waals surface area contributed by atoms with E-state index in [2.05, 4.69) is 32.1 Å². The number of amides is 2. The Balaban J connectivity index is 1.21. The lowest BCUT2D eigenvalue weighted by molar-refractivity contribution is -0.137. The van der Waals surface area contributed by atoms with E-state index in [0.29, 0.717) is 37.5 Å². The molecule has 216 valence electrons. The summed E-state index contributed by atoms with van der Waals surface area (Å²) >= 11 is 0. The summed E-state index contributed by atoms with van der Waals surface area (Å²) in [7, 11) is 0. The fourth-order valence-corrected chi connectivity index (χ4v) is 4.86. The molecule has 2 aliphatic heterocycles. The number of anilines is 2. The number of hydrogen-bond donors (Lipinski definition) is 5. The Morgan fingerprint density at radius 3 is 2.59 bits per heavy atom. The predicted molar refractivity (Wildman–Crippen MR) is 147 cm³/mol. The number of imidazole rings is 1. The van der Waals surface area contributed by atoms with Crippen molar-refractivity contribution in [1.82, 2.24) is 29.7 Å². The molecule has 5 rings (SSSR count). The largest absolute Gasteiger partial charge is 0.415 e. The lowest BCUT2D eigenvalue weighted by Crippen LogP contribution is -2.42. The number of aliphatic hydroxyl groups is 2. The van der Waals surface area contributed by atoms with Crippen molar-refractivity contribution in [3.63, 3.8) is 0 Å². The van der Waals surface area contributed by atoms with Crippen LogP contribution >= 0.6 is 0 Å². The fraction of sp³-hybridized carbons (Fsp3) is 0.444. The molecule has 1 aromatic carbocycles. The summed E-state index contributed by atoms with van der Waals surface area (Å²) in [6.07, 6.45) is -2.13. The highest BCUT2D eigenvalue weighted by atomic mass is 16.6. The van der Waals surface area contributed by atoms with Crippen LogP contribution in [-0.2, 0) is 9.53 Å². The molecule has 2 saturated heterocycles. The van der Waals surface area contributed by atoms with Crippen molar-refractivity contribution >= 4 is 34.7 Å². The van der Waals surface area contributed by atoms with E-state index < -0.39 is 36.5 Å². The number of aliphatic hydroxyl groups excluding tert-OH is 2. The van der Waals surface area contributed by atoms with Gasteiger partial charge in [-0.3, -0.25) is 9.36 Å². The van der Waals surface area contributed by atoms with Crippen molar-refractivity contribution < 1.29 is 29.3 Å². The van der Waals surface area contributed by atoms with Gasteiger partial charge in [0.15, 0.2) is 23.8 Å². The number of rotatable bonds is 5. The third kappa shape index (κ3) is 6.02. The predicted octanol–water partition coefficient (Wildman–Crippen LogP) is 0.399. The molecule has 41 heavy (non-hydrogen) atoms. The molecule has 4 heterocycles. The van der Waals surface area contributed by atoms with Crippen molar-refractivity contribution in [3.8, 4) is 17.6 Å². The van der Waals surface area contributed by atoms with Crippen molar-refractivity contribution in [2.24, 2.45) is 5.92 Å². The van der Waals surface area contributed by atoms with Crippen molar-refractivity contribution in [1.29, 1.82) is 0 Å². The maximum atomic E-state index is 12.5. The smallest absolute Gasteiger partial charge is 0.410 e. The highest BCUT2D eigenvalue weighted by Gasteiger charge is 2.47. The molecular formula is C27H32N8O6. The van der Waals surface area contributed by atoms with Crippen LogP contribution in [0.5, 0.6) is 5.75 Å². The van der Waals surface area contributed by atoms with Gasteiger partial charge in [-0.2, -0.15) is 0 Å². The maximum Gasteiger partial charge on any atom is 0.415 e. The van der Waals surface area contributed by atoms with Gasteiger partial charge in [0, 0.05) is 31.7 Å². The van der Waals surface area contributed by atoms with E-state index in [1.54, 1.807) is 36.1 Å². The number of nitrogen functional groups attached to an aromatic ring is 2. The van der Waals surface area contributed by atoms with Gasteiger partial charge in [0.05, 0.1) is 6.33 Å². The monoisotopic (exact) mass is 564 g/mol. The molecule has 0 bridgehead atoms. The zero-order valence-electron chi connectivity index (χ0n) is 22.4. The minimum absolute atomic E-state index is 0.0966. The number of aromatic nitrogens is 4. The van der Waals surface area contributed by atoms with E-state index in [4.69, 9.17) is 20.9 Å². The highest BCUT2D eigenvalue weighted by Crippen LogP contribution is 2.32. The Hall–Kier alpha value is -4.45. The normalized spacial score (nSPS) is 22.8. The van der Waals surface area contributed by atoms with Crippen LogP contribution in [0.1, 0.15) is 38.2 Å². The van der Waals surface area contributed by atoms with Gasteiger partial charge in [-0.1, -0.05) is 5.92 Å². The van der Waals surface area contributed by atoms with Gasteiger partial charge in [-0.15, -0.1) is 0 Å². The van der Waals surface area contributed by atoms with Crippen molar-refractivity contribution in [2.45, 2.75) is 50.7 Å². The van der Waals surface area contributed by atoms with Crippen molar-refractivity contribution in [3.05, 3.63) is 36.4 Å². The number of likely N-dealkylation sites (tertiary alicyclic amines) is 1. The Morgan fingerprint density at radius 2 is 1.88 bits per heavy atom. The van der Waals surface area contributed by atoms with E-state index in [9.17, 15) is 19.8 Å². The van der Waals surface area contributed by atoms with E-state index >= 15 is 0 Å². The molecule has 0 spiro atoms. The first-order valence-corrected chi connectivity index (χ1v) is 13.4. The van der Waals surface area contributed by atoms with Crippen LogP contribution in [0.15, 0.2) is 30.6 Å². The minimum atomic E-state index is -1.44. The molecule has 0 radical (unpaired) electrons. The van der Waals surface area contributed by atoms with Gasteiger partial charge in [0.25, 0.3) is 5.91 Å². The summed E-state index contributed by atoms with van der Waals surface area (Å²) in [6.45, 7) is 3.20. The molecule has 2 fully saturated rings. The first-order valence-electron chi connectivity index (χ1n) is 13.4. The quantitative estimate of drug-likeness (QED) is 0.212. The molecule has 0 saturated carbocycles. The van der Waals surface area contributed by atoms with E-state index in [-0.39, 0.29) is 28.7 Å². The van der Waals surface area contributed by atoms with Crippen LogP contribution in [0, 0.1) is 17.8 Å². The van der Waals surface area contributed by atoms with Gasteiger partial charge in [0.1, 0.15) is 23.5 Å². The van der Waals surface area contributed by atoms with E-state index in [1.807, 2.05) is 0 Å². The number of hydrogen-bond acceptors (Lipinski definition) is 11. The minimum Gasteiger partial charge on any atom is -0.410 e. The van der Waals surface area contributed by atoms with Gasteiger partial charge < -0.3 is 41.4 Å². The number of piperidine rings is 1. The summed E-state index contributed by atoms with van der Waals surface area (Å²) in [4.78, 5) is 39.3. The lowest BCUT2D eigenvalue weighted by Gasteiger charge is -2.30. The van der Waals surface area contributed by atoms with Gasteiger partial charge in [-0.05, 0) is 55.9 Å². The number of nitrogens with two attached hydrogens (primary N) is 2. The average Bonchev–Trinajstić information content (AvgIpc) is 3.51. The third-order valence-electron chi connectivity index (χ3n) is 7.12. The summed E-state index contributed by atoms with van der Waals surface area (Å²) < 4.78 is 12.5. The first kappa shape index (κ1) is 28.1. The second-order valence-corrected chi connectivity index (χ2v) is 9.95. The summed E-state index contributed by atoms with van der Waals surface area (Å²) in [5.41, 5.74) is 12.9. The zero-order chi connectivity index (χ0) is 29.1. The third-order valence-corrected chi connectivity index (χ3v) is 7.12. The van der Waals surface area contributed by atoms with Gasteiger partial charge in [-0.25, -0.2) is 19.7 Å². The molecule has 14 nitrogen and oxygen atoms in total. The van der Waals surface area contributed by atoms with Crippen LogP contribution in [0.4, 0.5) is 16.3 Å². The molecule has 2 aromatic heterocycles. The number of likely N-dealkylation sites (N-methyl/N-ethyl adjacent to an activating group) is 1. The topological polar surface area (TPSA) is 204 Å². The molecule has 0 aliphatic carbocycles. The molecule has 14 heteroatoms. The number of nitrogens with one attached hydrogen (secondary N) is 1. The van der Waals surface area contributed by atoms with Crippen LogP contribution in [-0.4, -0.2) is 84.6 Å². The van der Waals surface area contributed by atoms with Crippen LogP contribution in [0.3, 0.4) is 0 Å². The second-order valence-electron chi connectivity index (χ2n) is 9.95. The maximum absolute atomic E-state index is 12.5. The Kier molecular flexibility index (Phi) is 8.20. The summed E-state index contributed by atoms with van der Waals surface area (Å²) in [5.74, 6) is 6.50. The van der Waals surface area contributed by atoms with Crippen LogP contribution in [0.25, 0.3) is 11.2 Å². The first-order chi connectivity index (χ1) is 19.7. The summed E-state index contributed by atoms with van der Waals surface area (Å²) in [6, 6.07) is 6.67. The molecule has 2 aliphatic rings. The van der Waals surface area contributed by atoms with Gasteiger partial charge in [0.2, 0.25) is 5.82 Å². The fourth-order valence-electron chi connectivity index (χ4n) is 4.86. The van der Waals surface area contributed by atoms with Crippen molar-refractivity contribution in [2.75, 3.05) is 31.1 Å². The summed E-state index contributed by atoms with van der Waals surface area (Å²) in [5, 5.41) is 23.6. The molecule has 2 unspecified atom stereocenters. The molecule has 2 amide bonds. The molecule has 7 N–H and O–H groups in total. The van der Waals surface area contributed by atoms with E-state index in [1.165, 1.54) is 10.9 Å². The molecule has 4 atom stereocenters.